The van der Waals surface area contributed by atoms with Gasteiger partial charge in [-0.05, 0) is 32.1 Å². The summed E-state index contributed by atoms with van der Waals surface area (Å²) in [5.41, 5.74) is 0. The Morgan fingerprint density at radius 2 is 1.95 bits per heavy atom. The maximum Gasteiger partial charge on any atom is 0.326 e. The number of likely N-dealkylation sites (tertiary alicyclic amines) is 1. The van der Waals surface area contributed by atoms with Crippen LogP contribution in [0, 0.1) is 11.8 Å². The Morgan fingerprint density at radius 3 is 2.55 bits per heavy atom. The number of rotatable bonds is 7. The van der Waals surface area contributed by atoms with Crippen LogP contribution < -0.4 is 5.32 Å². The van der Waals surface area contributed by atoms with Crippen molar-refractivity contribution in [2.75, 3.05) is 13.1 Å². The number of carbonyl (C=O) groups excluding carboxylic acids is 2. The molecule has 22 heavy (non-hydrogen) atoms. The van der Waals surface area contributed by atoms with Crippen LogP contribution in [0.4, 0.5) is 0 Å². The van der Waals surface area contributed by atoms with Gasteiger partial charge in [0.15, 0.2) is 0 Å². The molecule has 0 aromatic heterocycles. The second-order valence-electron chi connectivity index (χ2n) is 6.44. The molecule has 0 aromatic carbocycles. The number of nitrogens with one attached hydrogen (secondary N) is 1. The third kappa shape index (κ3) is 4.45. The lowest BCUT2D eigenvalue weighted by Crippen LogP contribution is -2.49. The molecule has 2 amide bonds. The quantitative estimate of drug-likeness (QED) is 0.744. The van der Waals surface area contributed by atoms with Gasteiger partial charge < -0.3 is 15.3 Å². The highest BCUT2D eigenvalue weighted by Gasteiger charge is 2.37. The highest BCUT2D eigenvalue weighted by Crippen LogP contribution is 2.32. The number of amides is 2. The first-order valence-electron chi connectivity index (χ1n) is 8.35. The Hall–Kier alpha value is -1.59. The Morgan fingerprint density at radius 1 is 1.23 bits per heavy atom. The largest absolute Gasteiger partial charge is 0.480 e. The van der Waals surface area contributed by atoms with Crippen LogP contribution in [0.1, 0.15) is 51.9 Å². The third-order valence-corrected chi connectivity index (χ3v) is 4.49. The van der Waals surface area contributed by atoms with Crippen molar-refractivity contribution < 1.29 is 19.5 Å². The molecule has 0 spiro atoms. The van der Waals surface area contributed by atoms with Gasteiger partial charge in [0, 0.05) is 19.0 Å². The van der Waals surface area contributed by atoms with Crippen molar-refractivity contribution in [3.05, 3.63) is 0 Å². The number of hydrogen-bond acceptors (Lipinski definition) is 3. The molecule has 1 aliphatic heterocycles. The third-order valence-electron chi connectivity index (χ3n) is 4.49. The van der Waals surface area contributed by atoms with Gasteiger partial charge in [-0.3, -0.25) is 9.59 Å². The predicted molar refractivity (Wildman–Crippen MR) is 81.1 cm³/mol. The molecule has 2 rings (SSSR count). The van der Waals surface area contributed by atoms with Gasteiger partial charge in [-0.25, -0.2) is 4.79 Å². The van der Waals surface area contributed by atoms with E-state index in [1.807, 2.05) is 6.92 Å². The molecule has 2 unspecified atom stereocenters. The van der Waals surface area contributed by atoms with Gasteiger partial charge in [-0.15, -0.1) is 0 Å². The van der Waals surface area contributed by atoms with Gasteiger partial charge in [0.25, 0.3) is 0 Å². The number of carboxylic acid groups (broad SMARTS) is 1. The summed E-state index contributed by atoms with van der Waals surface area (Å²) < 4.78 is 0. The van der Waals surface area contributed by atoms with E-state index in [4.69, 9.17) is 0 Å². The fraction of sp³-hybridized carbons (Fsp3) is 0.812. The van der Waals surface area contributed by atoms with Crippen molar-refractivity contribution in [2.24, 2.45) is 11.8 Å². The zero-order valence-electron chi connectivity index (χ0n) is 13.2. The number of unbranched alkanes of at least 4 members (excludes halogenated alkanes) is 1. The van der Waals surface area contributed by atoms with Crippen LogP contribution in [0.3, 0.4) is 0 Å². The van der Waals surface area contributed by atoms with Gasteiger partial charge in [0.1, 0.15) is 6.04 Å². The minimum Gasteiger partial charge on any atom is -0.480 e. The van der Waals surface area contributed by atoms with Gasteiger partial charge in [0.2, 0.25) is 11.8 Å². The van der Waals surface area contributed by atoms with E-state index in [1.54, 1.807) is 4.90 Å². The summed E-state index contributed by atoms with van der Waals surface area (Å²) in [4.78, 5) is 37.4. The van der Waals surface area contributed by atoms with E-state index in [0.29, 0.717) is 13.0 Å². The minimum atomic E-state index is -0.983. The van der Waals surface area contributed by atoms with E-state index in [2.05, 4.69) is 5.32 Å². The number of carbonyl (C=O) groups is 3. The monoisotopic (exact) mass is 310 g/mol. The van der Waals surface area contributed by atoms with Crippen LogP contribution in [0.5, 0.6) is 0 Å². The normalized spacial score (nSPS) is 23.0. The molecule has 0 radical (unpaired) electrons. The Labute approximate surface area is 131 Å². The van der Waals surface area contributed by atoms with E-state index in [9.17, 15) is 19.5 Å². The molecule has 2 fully saturated rings. The number of aliphatic carboxylic acids is 1. The van der Waals surface area contributed by atoms with Gasteiger partial charge in [0.05, 0.1) is 5.92 Å². The second-order valence-corrected chi connectivity index (χ2v) is 6.44. The summed E-state index contributed by atoms with van der Waals surface area (Å²) in [6, 6.07) is -0.818. The van der Waals surface area contributed by atoms with Crippen LogP contribution >= 0.6 is 0 Å². The van der Waals surface area contributed by atoms with Crippen molar-refractivity contribution in [1.29, 1.82) is 0 Å². The lowest BCUT2D eigenvalue weighted by molar-refractivity contribution is -0.144. The molecule has 6 heteroatoms. The second kappa shape index (κ2) is 7.61. The fourth-order valence-electron chi connectivity index (χ4n) is 2.94. The standard InChI is InChI=1S/C16H26N2O4/c1-2-3-6-13(16(21)22)17-14(19)12-5-4-9-18(10-12)15(20)11-7-8-11/h11-13H,2-10H2,1H3,(H,17,19)(H,21,22). The molecule has 2 atom stereocenters. The number of carboxylic acids is 1. The summed E-state index contributed by atoms with van der Waals surface area (Å²) in [5.74, 6) is -1.16. The first-order valence-corrected chi connectivity index (χ1v) is 8.35. The molecule has 1 heterocycles. The molecular formula is C16H26N2O4. The summed E-state index contributed by atoms with van der Waals surface area (Å²) in [6.45, 7) is 3.14. The lowest BCUT2D eigenvalue weighted by Gasteiger charge is -2.32. The van der Waals surface area contributed by atoms with Crippen molar-refractivity contribution >= 4 is 17.8 Å². The molecule has 1 saturated carbocycles. The van der Waals surface area contributed by atoms with Gasteiger partial charge >= 0.3 is 5.97 Å². The molecule has 6 nitrogen and oxygen atoms in total. The molecule has 1 saturated heterocycles. The van der Waals surface area contributed by atoms with Crippen LogP contribution in [0.2, 0.25) is 0 Å². The average Bonchev–Trinajstić information content (AvgIpc) is 3.35. The SMILES string of the molecule is CCCCC(NC(=O)C1CCCN(C(=O)C2CC2)C1)C(=O)O. The molecule has 124 valence electrons. The van der Waals surface area contributed by atoms with Crippen molar-refractivity contribution in [3.8, 4) is 0 Å². The van der Waals surface area contributed by atoms with E-state index in [-0.39, 0.29) is 23.7 Å². The number of hydrogen-bond donors (Lipinski definition) is 2. The van der Waals surface area contributed by atoms with Gasteiger partial charge in [-0.2, -0.15) is 0 Å². The molecule has 0 aromatic rings. The lowest BCUT2D eigenvalue weighted by atomic mass is 9.96. The summed E-state index contributed by atoms with van der Waals surface area (Å²) in [5, 5.41) is 11.8. The van der Waals surface area contributed by atoms with E-state index in [0.717, 1.165) is 45.1 Å². The van der Waals surface area contributed by atoms with Crippen LogP contribution in [0.15, 0.2) is 0 Å². The summed E-state index contributed by atoms with van der Waals surface area (Å²) in [6.07, 6.45) is 5.58. The molecule has 0 bridgehead atoms. The first-order chi connectivity index (χ1) is 10.5. The Balaban J connectivity index is 1.87. The highest BCUT2D eigenvalue weighted by atomic mass is 16.4. The molecule has 2 N–H and O–H groups in total. The predicted octanol–water partition coefficient (Wildman–Crippen LogP) is 1.39. The van der Waals surface area contributed by atoms with Crippen LogP contribution in [-0.4, -0.2) is 46.9 Å². The maximum absolute atomic E-state index is 12.3. The molecular weight excluding hydrogens is 284 g/mol. The van der Waals surface area contributed by atoms with Crippen LogP contribution in [-0.2, 0) is 14.4 Å². The highest BCUT2D eigenvalue weighted by molar-refractivity contribution is 5.86. The smallest absolute Gasteiger partial charge is 0.326 e. The van der Waals surface area contributed by atoms with E-state index in [1.165, 1.54) is 0 Å². The zero-order valence-corrected chi connectivity index (χ0v) is 13.2. The average molecular weight is 310 g/mol. The zero-order chi connectivity index (χ0) is 16.1. The summed E-state index contributed by atoms with van der Waals surface area (Å²) >= 11 is 0. The topological polar surface area (TPSA) is 86.7 Å². The number of piperidine rings is 1. The van der Waals surface area contributed by atoms with Crippen LogP contribution in [0.25, 0.3) is 0 Å². The van der Waals surface area contributed by atoms with Crippen molar-refractivity contribution in [2.45, 2.75) is 57.9 Å². The van der Waals surface area contributed by atoms with Crippen molar-refractivity contribution in [1.82, 2.24) is 10.2 Å². The van der Waals surface area contributed by atoms with Crippen molar-refractivity contribution in [3.63, 3.8) is 0 Å². The molecule has 1 aliphatic carbocycles. The Kier molecular flexibility index (Phi) is 5.80. The van der Waals surface area contributed by atoms with Gasteiger partial charge in [-0.1, -0.05) is 19.8 Å². The fourth-order valence-corrected chi connectivity index (χ4v) is 2.94. The summed E-state index contributed by atoms with van der Waals surface area (Å²) in [7, 11) is 0. The minimum absolute atomic E-state index is 0.165. The van der Waals surface area contributed by atoms with E-state index >= 15 is 0 Å². The van der Waals surface area contributed by atoms with E-state index < -0.39 is 12.0 Å². The maximum atomic E-state index is 12.3. The Bertz CT molecular complexity index is 434. The number of nitrogens with zero attached hydrogens (tertiary/aromatic N) is 1. The first kappa shape index (κ1) is 16.8. The molecule has 2 aliphatic rings.